The molecule has 2 aromatic carbocycles. The van der Waals surface area contributed by atoms with Crippen LogP contribution in [0.2, 0.25) is 0 Å². The van der Waals surface area contributed by atoms with Gasteiger partial charge in [0.05, 0.1) is 27.8 Å². The quantitative estimate of drug-likeness (QED) is 0.378. The van der Waals surface area contributed by atoms with Gasteiger partial charge in [-0.25, -0.2) is 4.98 Å². The van der Waals surface area contributed by atoms with Crippen molar-refractivity contribution >= 4 is 29.1 Å². The van der Waals surface area contributed by atoms with Gasteiger partial charge in [0.1, 0.15) is 17.8 Å². The number of nitrogens with one attached hydrogen (secondary N) is 1. The number of carbonyl (C=O) groups excluding carboxylic acids is 3. The number of aromatic nitrogens is 1. The fourth-order valence-electron chi connectivity index (χ4n) is 6.07. The lowest BCUT2D eigenvalue weighted by Crippen LogP contribution is -2.55. The van der Waals surface area contributed by atoms with Crippen molar-refractivity contribution in [1.82, 2.24) is 20.1 Å². The zero-order valence-electron chi connectivity index (χ0n) is 25.6. The topological polar surface area (TPSA) is 112 Å². The van der Waals surface area contributed by atoms with Gasteiger partial charge in [-0.05, 0) is 69.0 Å². The van der Waals surface area contributed by atoms with E-state index in [-0.39, 0.29) is 48.6 Å². The molecule has 3 heterocycles. The van der Waals surface area contributed by atoms with Crippen LogP contribution >= 0.6 is 11.3 Å². The van der Waals surface area contributed by atoms with Gasteiger partial charge in [-0.1, -0.05) is 32.0 Å². The summed E-state index contributed by atoms with van der Waals surface area (Å²) in [5.74, 6) is -0.858. The molecule has 0 unspecified atom stereocenters. The number of aryl methyl sites for hydroxylation is 1. The molecule has 3 atom stereocenters. The Balaban J connectivity index is 1.37. The number of phenolic OH excluding ortho intramolecular Hbond substituents is 1. The second-order valence-electron chi connectivity index (χ2n) is 12.7. The molecule has 0 bridgehead atoms. The number of amides is 3. The van der Waals surface area contributed by atoms with Gasteiger partial charge in [-0.2, -0.15) is 0 Å². The fourth-order valence-corrected chi connectivity index (χ4v) is 6.87. The smallest absolute Gasteiger partial charge is 0.255 e. The van der Waals surface area contributed by atoms with E-state index >= 15 is 0 Å². The van der Waals surface area contributed by atoms with Crippen LogP contribution in [0.1, 0.15) is 68.2 Å². The third kappa shape index (κ3) is 6.45. The molecule has 0 spiro atoms. The van der Waals surface area contributed by atoms with Crippen molar-refractivity contribution in [1.29, 1.82) is 0 Å². The second-order valence-corrected chi connectivity index (χ2v) is 13.6. The zero-order valence-corrected chi connectivity index (χ0v) is 26.4. The number of fused-ring (bicyclic) bond motifs is 1. The maximum absolute atomic E-state index is 14.3. The number of ether oxygens (including phenoxy) is 1. The Kier molecular flexibility index (Phi) is 8.63. The molecule has 1 saturated heterocycles. The molecular weight excluding hydrogens is 564 g/mol. The highest BCUT2D eigenvalue weighted by Crippen LogP contribution is 2.33. The van der Waals surface area contributed by atoms with Crippen LogP contribution in [0.25, 0.3) is 10.4 Å². The lowest BCUT2D eigenvalue weighted by molar-refractivity contribution is -0.143. The molecule has 0 aliphatic carbocycles. The highest BCUT2D eigenvalue weighted by atomic mass is 32.1. The Bertz CT molecular complexity index is 1530. The highest BCUT2D eigenvalue weighted by Gasteiger charge is 2.47. The maximum Gasteiger partial charge on any atom is 0.255 e. The van der Waals surface area contributed by atoms with Crippen LogP contribution in [-0.4, -0.2) is 67.9 Å². The highest BCUT2D eigenvalue weighted by molar-refractivity contribution is 7.13. The minimum absolute atomic E-state index is 0.0755. The number of benzene rings is 2. The van der Waals surface area contributed by atoms with Crippen molar-refractivity contribution in [2.45, 2.75) is 84.8 Å². The first-order valence-electron chi connectivity index (χ1n) is 14.7. The second kappa shape index (κ2) is 12.1. The molecular formula is C33H40N4O5S. The summed E-state index contributed by atoms with van der Waals surface area (Å²) >= 11 is 1.52. The van der Waals surface area contributed by atoms with Crippen LogP contribution < -0.4 is 5.32 Å². The molecule has 228 valence electrons. The van der Waals surface area contributed by atoms with Crippen LogP contribution in [0.4, 0.5) is 0 Å². The van der Waals surface area contributed by atoms with E-state index in [0.717, 1.165) is 21.7 Å². The first kappa shape index (κ1) is 30.7. The molecule has 5 rings (SSSR count). The lowest BCUT2D eigenvalue weighted by atomic mass is 10.0. The number of phenols is 1. The molecule has 43 heavy (non-hydrogen) atoms. The molecule has 2 aliphatic rings. The van der Waals surface area contributed by atoms with Crippen LogP contribution in [0, 0.1) is 12.8 Å². The van der Waals surface area contributed by atoms with Crippen molar-refractivity contribution in [3.63, 3.8) is 0 Å². The van der Waals surface area contributed by atoms with Crippen LogP contribution in [0.5, 0.6) is 5.75 Å². The molecule has 3 aromatic rings. The Morgan fingerprint density at radius 1 is 1.19 bits per heavy atom. The number of rotatable bonds is 8. The SMILES string of the molecule is Cc1ncsc1-c1ccc(O)c(CNC(=O)[C@@H]2C[C@@H](OC(C)(C)C)CN2C(=O)[C@H](C(C)C)N2Cc3ccccc3C2=O)c1. The Morgan fingerprint density at radius 2 is 1.93 bits per heavy atom. The van der Waals surface area contributed by atoms with Crippen molar-refractivity contribution in [2.75, 3.05) is 6.54 Å². The van der Waals surface area contributed by atoms with Gasteiger partial charge < -0.3 is 25.0 Å². The average Bonchev–Trinajstić information content (AvgIpc) is 3.64. The number of carbonyl (C=O) groups is 3. The summed E-state index contributed by atoms with van der Waals surface area (Å²) in [7, 11) is 0. The number of thiazole rings is 1. The summed E-state index contributed by atoms with van der Waals surface area (Å²) in [5, 5.41) is 13.5. The van der Waals surface area contributed by atoms with Gasteiger partial charge in [0.15, 0.2) is 0 Å². The van der Waals surface area contributed by atoms with Gasteiger partial charge >= 0.3 is 0 Å². The Labute approximate surface area is 256 Å². The van der Waals surface area contributed by atoms with Crippen molar-refractivity contribution in [3.8, 4) is 16.2 Å². The van der Waals surface area contributed by atoms with Crippen LogP contribution in [0.3, 0.4) is 0 Å². The van der Waals surface area contributed by atoms with E-state index < -0.39 is 17.7 Å². The van der Waals surface area contributed by atoms with E-state index in [9.17, 15) is 19.5 Å². The van der Waals surface area contributed by atoms with Gasteiger partial charge in [0.2, 0.25) is 11.8 Å². The number of hydrogen-bond donors (Lipinski definition) is 2. The first-order valence-corrected chi connectivity index (χ1v) is 15.6. The minimum Gasteiger partial charge on any atom is -0.508 e. The summed E-state index contributed by atoms with van der Waals surface area (Å²) in [6.45, 7) is 12.3. The molecule has 1 aromatic heterocycles. The molecule has 2 aliphatic heterocycles. The maximum atomic E-state index is 14.3. The molecule has 2 N–H and O–H groups in total. The third-order valence-electron chi connectivity index (χ3n) is 7.98. The largest absolute Gasteiger partial charge is 0.508 e. The molecule has 9 nitrogen and oxygen atoms in total. The third-order valence-corrected chi connectivity index (χ3v) is 8.96. The monoisotopic (exact) mass is 604 g/mol. The normalized spacial score (nSPS) is 19.2. The first-order chi connectivity index (χ1) is 20.3. The standard InChI is InChI=1S/C33H40N4O5S/c1-19(2)28(37-16-22-9-7-8-10-25(22)31(37)40)32(41)36-17-24(42-33(4,5)6)14-26(36)30(39)34-15-23-13-21(11-12-27(23)38)29-20(3)35-18-43-29/h7-13,18-19,24,26,28,38H,14-17H2,1-6H3,(H,34,39)/t24-,26+,28+/m1/s1. The number of hydrogen-bond acceptors (Lipinski definition) is 7. The van der Waals surface area contributed by atoms with E-state index in [1.54, 1.807) is 27.4 Å². The van der Waals surface area contributed by atoms with Gasteiger partial charge in [0, 0.05) is 37.2 Å². The molecule has 0 radical (unpaired) electrons. The molecule has 3 amide bonds. The van der Waals surface area contributed by atoms with Gasteiger partial charge in [-0.3, -0.25) is 14.4 Å². The predicted molar refractivity (Wildman–Crippen MR) is 165 cm³/mol. The molecule has 10 heteroatoms. The van der Waals surface area contributed by atoms with E-state index in [1.165, 1.54) is 11.3 Å². The van der Waals surface area contributed by atoms with E-state index in [2.05, 4.69) is 10.3 Å². The lowest BCUT2D eigenvalue weighted by Gasteiger charge is -2.35. The summed E-state index contributed by atoms with van der Waals surface area (Å²) < 4.78 is 6.25. The van der Waals surface area contributed by atoms with Crippen molar-refractivity contribution < 1.29 is 24.2 Å². The summed E-state index contributed by atoms with van der Waals surface area (Å²) in [5.41, 5.74) is 5.20. The average molecular weight is 605 g/mol. The van der Waals surface area contributed by atoms with Crippen LogP contribution in [-0.2, 0) is 27.4 Å². The number of likely N-dealkylation sites (tertiary alicyclic amines) is 1. The van der Waals surface area contributed by atoms with E-state index in [4.69, 9.17) is 4.74 Å². The summed E-state index contributed by atoms with van der Waals surface area (Å²) in [6, 6.07) is 11.2. The minimum atomic E-state index is -0.782. The summed E-state index contributed by atoms with van der Waals surface area (Å²) in [4.78, 5) is 49.9. The summed E-state index contributed by atoms with van der Waals surface area (Å²) in [6.07, 6.45) is -0.00932. The zero-order chi connectivity index (χ0) is 31.1. The van der Waals surface area contributed by atoms with Crippen molar-refractivity contribution in [3.05, 3.63) is 70.4 Å². The molecule has 0 saturated carbocycles. The fraction of sp³-hybridized carbons (Fsp3) is 0.455. The van der Waals surface area contributed by atoms with Gasteiger partial charge in [0.25, 0.3) is 5.91 Å². The predicted octanol–water partition coefficient (Wildman–Crippen LogP) is 4.91. The van der Waals surface area contributed by atoms with E-state index in [0.29, 0.717) is 24.1 Å². The van der Waals surface area contributed by atoms with Crippen LogP contribution in [0.15, 0.2) is 48.0 Å². The van der Waals surface area contributed by atoms with E-state index in [1.807, 2.05) is 71.9 Å². The Morgan fingerprint density at radius 3 is 2.58 bits per heavy atom. The molecule has 1 fully saturated rings. The Hall–Kier alpha value is -3.76. The number of aromatic hydroxyl groups is 1. The van der Waals surface area contributed by atoms with Crippen molar-refractivity contribution in [2.24, 2.45) is 5.92 Å². The van der Waals surface area contributed by atoms with Gasteiger partial charge in [-0.15, -0.1) is 11.3 Å². The number of nitrogens with zero attached hydrogens (tertiary/aromatic N) is 3.